The number of ether oxygens (including phenoxy) is 2. The number of nitrogens with zero attached hydrogens (tertiary/aromatic N) is 1. The minimum atomic E-state index is -3.49. The minimum Gasteiger partial charge on any atom is -0.465 e. The maximum absolute atomic E-state index is 11.7. The smallest absolute Gasteiger partial charge is 0.339 e. The average Bonchev–Trinajstić information content (AvgIpc) is 2.45. The topological polar surface area (TPSA) is 84.9 Å². The average molecular weight is 314 g/mol. The third-order valence-corrected chi connectivity index (χ3v) is 3.67. The summed E-state index contributed by atoms with van der Waals surface area (Å²) in [6.07, 6.45) is 1.04. The molecule has 0 amide bonds. The molecule has 1 aliphatic rings. The van der Waals surface area contributed by atoms with E-state index in [1.54, 1.807) is 18.2 Å². The van der Waals surface area contributed by atoms with Gasteiger partial charge in [0.2, 0.25) is 10.0 Å². The summed E-state index contributed by atoms with van der Waals surface area (Å²) >= 11 is 0. The van der Waals surface area contributed by atoms with Crippen molar-refractivity contribution in [2.45, 2.75) is 0 Å². The highest BCUT2D eigenvalue weighted by Gasteiger charge is 2.18. The van der Waals surface area contributed by atoms with Gasteiger partial charge in [-0.3, -0.25) is 4.72 Å². The van der Waals surface area contributed by atoms with E-state index in [1.165, 1.54) is 7.11 Å². The molecule has 116 valence electrons. The number of morpholine rings is 1. The van der Waals surface area contributed by atoms with Crippen molar-refractivity contribution in [1.29, 1.82) is 0 Å². The summed E-state index contributed by atoms with van der Waals surface area (Å²) in [5.41, 5.74) is 1.23. The number of carbonyl (C=O) groups is 1. The molecule has 0 unspecified atom stereocenters. The number of sulfonamides is 1. The van der Waals surface area contributed by atoms with E-state index < -0.39 is 16.0 Å². The van der Waals surface area contributed by atoms with Gasteiger partial charge in [-0.2, -0.15) is 0 Å². The third kappa shape index (κ3) is 4.08. The molecule has 0 aromatic heterocycles. The number of benzene rings is 1. The van der Waals surface area contributed by atoms with Gasteiger partial charge < -0.3 is 14.4 Å². The number of carbonyl (C=O) groups excluding carboxylic acids is 1. The number of esters is 1. The van der Waals surface area contributed by atoms with Crippen LogP contribution in [0.5, 0.6) is 0 Å². The fourth-order valence-corrected chi connectivity index (χ4v) is 2.69. The summed E-state index contributed by atoms with van der Waals surface area (Å²) in [5.74, 6) is -0.588. The summed E-state index contributed by atoms with van der Waals surface area (Å²) in [7, 11) is -2.24. The molecule has 0 radical (unpaired) electrons. The van der Waals surface area contributed by atoms with E-state index in [1.807, 2.05) is 0 Å². The molecule has 1 aliphatic heterocycles. The Labute approximate surface area is 123 Å². The Bertz CT molecular complexity index is 623. The van der Waals surface area contributed by atoms with Crippen molar-refractivity contribution in [1.82, 2.24) is 0 Å². The minimum absolute atomic E-state index is 0.180. The fraction of sp³-hybridized carbons (Fsp3) is 0.462. The second-order valence-electron chi connectivity index (χ2n) is 4.70. The molecule has 8 heteroatoms. The number of rotatable bonds is 4. The highest BCUT2D eigenvalue weighted by molar-refractivity contribution is 7.92. The van der Waals surface area contributed by atoms with Crippen LogP contribution in [0.15, 0.2) is 18.2 Å². The second kappa shape index (κ2) is 6.31. The van der Waals surface area contributed by atoms with Crippen molar-refractivity contribution in [3.8, 4) is 0 Å². The quantitative estimate of drug-likeness (QED) is 0.823. The molecule has 1 aromatic carbocycles. The zero-order chi connectivity index (χ0) is 15.5. The Kier molecular flexibility index (Phi) is 4.69. The van der Waals surface area contributed by atoms with Crippen LogP contribution in [0.2, 0.25) is 0 Å². The number of methoxy groups -OCH3 is 1. The molecule has 0 bridgehead atoms. The highest BCUT2D eigenvalue weighted by Crippen LogP contribution is 2.26. The van der Waals surface area contributed by atoms with Gasteiger partial charge in [-0.15, -0.1) is 0 Å². The van der Waals surface area contributed by atoms with Crippen LogP contribution in [0.3, 0.4) is 0 Å². The van der Waals surface area contributed by atoms with Crippen molar-refractivity contribution in [3.05, 3.63) is 23.8 Å². The zero-order valence-electron chi connectivity index (χ0n) is 12.0. The van der Waals surface area contributed by atoms with Crippen LogP contribution in [0.1, 0.15) is 10.4 Å². The van der Waals surface area contributed by atoms with Gasteiger partial charge in [0.25, 0.3) is 0 Å². The van der Waals surface area contributed by atoms with E-state index in [4.69, 9.17) is 4.74 Å². The highest BCUT2D eigenvalue weighted by atomic mass is 32.2. The molecule has 1 fully saturated rings. The Hall–Kier alpha value is -1.80. The molecular weight excluding hydrogens is 296 g/mol. The predicted octanol–water partition coefficient (Wildman–Crippen LogP) is 0.681. The lowest BCUT2D eigenvalue weighted by Gasteiger charge is -2.29. The first-order valence-corrected chi connectivity index (χ1v) is 8.33. The van der Waals surface area contributed by atoms with E-state index in [0.29, 0.717) is 13.2 Å². The van der Waals surface area contributed by atoms with E-state index in [2.05, 4.69) is 14.4 Å². The summed E-state index contributed by atoms with van der Waals surface area (Å²) < 4.78 is 35.2. The van der Waals surface area contributed by atoms with Crippen molar-refractivity contribution < 1.29 is 22.7 Å². The van der Waals surface area contributed by atoms with Gasteiger partial charge in [0.1, 0.15) is 0 Å². The molecule has 0 spiro atoms. The lowest BCUT2D eigenvalue weighted by molar-refractivity contribution is 0.0602. The molecule has 21 heavy (non-hydrogen) atoms. The Morgan fingerprint density at radius 3 is 2.57 bits per heavy atom. The van der Waals surface area contributed by atoms with Crippen LogP contribution in [0, 0.1) is 0 Å². The van der Waals surface area contributed by atoms with Crippen LogP contribution in [0.25, 0.3) is 0 Å². The van der Waals surface area contributed by atoms with Gasteiger partial charge in [-0.05, 0) is 18.2 Å². The van der Waals surface area contributed by atoms with Crippen LogP contribution >= 0.6 is 0 Å². The normalized spacial score (nSPS) is 15.6. The van der Waals surface area contributed by atoms with Crippen LogP contribution < -0.4 is 9.62 Å². The molecule has 1 aromatic rings. The molecule has 1 heterocycles. The zero-order valence-corrected chi connectivity index (χ0v) is 12.8. The Morgan fingerprint density at radius 2 is 2.00 bits per heavy atom. The molecule has 1 saturated heterocycles. The number of nitrogens with one attached hydrogen (secondary N) is 1. The monoisotopic (exact) mass is 314 g/mol. The number of anilines is 2. The Morgan fingerprint density at radius 1 is 1.33 bits per heavy atom. The van der Waals surface area contributed by atoms with Crippen molar-refractivity contribution in [2.24, 2.45) is 0 Å². The SMILES string of the molecule is COC(=O)c1ccc(N2CCOCC2)cc1NS(C)(=O)=O. The first-order chi connectivity index (χ1) is 9.90. The summed E-state index contributed by atoms with van der Waals surface area (Å²) in [4.78, 5) is 13.8. The lowest BCUT2D eigenvalue weighted by atomic mass is 10.1. The fourth-order valence-electron chi connectivity index (χ4n) is 2.12. The maximum Gasteiger partial charge on any atom is 0.339 e. The molecule has 7 nitrogen and oxygen atoms in total. The molecule has 0 saturated carbocycles. The van der Waals surface area contributed by atoms with Crippen LogP contribution in [-0.2, 0) is 19.5 Å². The molecule has 2 rings (SSSR count). The van der Waals surface area contributed by atoms with Gasteiger partial charge >= 0.3 is 5.97 Å². The van der Waals surface area contributed by atoms with Gasteiger partial charge in [-0.1, -0.05) is 0 Å². The first-order valence-electron chi connectivity index (χ1n) is 6.43. The van der Waals surface area contributed by atoms with Gasteiger partial charge in [-0.25, -0.2) is 13.2 Å². The molecule has 0 aliphatic carbocycles. The summed E-state index contributed by atoms with van der Waals surface area (Å²) in [5, 5.41) is 0. The standard InChI is InChI=1S/C13H18N2O5S/c1-19-13(16)11-4-3-10(15-5-7-20-8-6-15)9-12(11)14-21(2,17)18/h3-4,9,14H,5-8H2,1-2H3. The first kappa shape index (κ1) is 15.6. The van der Waals surface area contributed by atoms with Crippen molar-refractivity contribution in [2.75, 3.05) is 49.3 Å². The van der Waals surface area contributed by atoms with Crippen molar-refractivity contribution >= 4 is 27.4 Å². The van der Waals surface area contributed by atoms with E-state index in [-0.39, 0.29) is 11.3 Å². The van der Waals surface area contributed by atoms with Crippen molar-refractivity contribution in [3.63, 3.8) is 0 Å². The molecule has 0 atom stereocenters. The van der Waals surface area contributed by atoms with Crippen LogP contribution in [-0.4, -0.2) is 54.1 Å². The lowest BCUT2D eigenvalue weighted by Crippen LogP contribution is -2.36. The number of hydrogen-bond donors (Lipinski definition) is 1. The van der Waals surface area contributed by atoms with Gasteiger partial charge in [0.05, 0.1) is 37.8 Å². The third-order valence-electron chi connectivity index (χ3n) is 3.08. The summed E-state index contributed by atoms with van der Waals surface area (Å²) in [6.45, 7) is 2.67. The largest absolute Gasteiger partial charge is 0.465 e. The summed E-state index contributed by atoms with van der Waals surface area (Å²) in [6, 6.07) is 4.97. The number of hydrogen-bond acceptors (Lipinski definition) is 6. The maximum atomic E-state index is 11.7. The predicted molar refractivity (Wildman–Crippen MR) is 79.3 cm³/mol. The van der Waals surface area contributed by atoms with E-state index in [9.17, 15) is 13.2 Å². The Balaban J connectivity index is 2.37. The molecule has 1 N–H and O–H groups in total. The van der Waals surface area contributed by atoms with Gasteiger partial charge in [0.15, 0.2) is 0 Å². The van der Waals surface area contributed by atoms with Gasteiger partial charge in [0, 0.05) is 18.8 Å². The van der Waals surface area contributed by atoms with E-state index in [0.717, 1.165) is 25.0 Å². The van der Waals surface area contributed by atoms with Crippen LogP contribution in [0.4, 0.5) is 11.4 Å². The second-order valence-corrected chi connectivity index (χ2v) is 6.44. The molecular formula is C13H18N2O5S. The van der Waals surface area contributed by atoms with E-state index >= 15 is 0 Å².